The van der Waals surface area contributed by atoms with Crippen molar-refractivity contribution in [2.75, 3.05) is 19.8 Å². The fourth-order valence-electron chi connectivity index (χ4n) is 2.29. The zero-order valence-corrected chi connectivity index (χ0v) is 11.0. The third kappa shape index (κ3) is 4.74. The van der Waals surface area contributed by atoms with Crippen molar-refractivity contribution >= 4 is 11.8 Å². The van der Waals surface area contributed by atoms with E-state index >= 15 is 0 Å². The van der Waals surface area contributed by atoms with Gasteiger partial charge in [-0.25, -0.2) is 4.79 Å². The first-order valence-electron chi connectivity index (χ1n) is 6.75. The summed E-state index contributed by atoms with van der Waals surface area (Å²) in [5, 5.41) is 12.0. The lowest BCUT2D eigenvalue weighted by Gasteiger charge is -2.29. The molecule has 1 unspecified atom stereocenters. The Morgan fingerprint density at radius 2 is 2.00 bits per heavy atom. The summed E-state index contributed by atoms with van der Waals surface area (Å²) in [5.41, 5.74) is 0. The highest BCUT2D eigenvalue weighted by Gasteiger charge is 2.32. The molecule has 1 heterocycles. The summed E-state index contributed by atoms with van der Waals surface area (Å²) in [6.07, 6.45) is 4.68. The Morgan fingerprint density at radius 3 is 2.56 bits per heavy atom. The van der Waals surface area contributed by atoms with Crippen LogP contribution in [-0.2, 0) is 14.3 Å². The van der Waals surface area contributed by atoms with Gasteiger partial charge >= 0.3 is 5.97 Å². The van der Waals surface area contributed by atoms with Gasteiger partial charge in [0.1, 0.15) is 0 Å². The topological polar surface area (TPSA) is 75.6 Å². The number of Topliss-reactive ketones (excluding diaryl/α,β-unsaturated/α-hetero) is 1. The van der Waals surface area contributed by atoms with Gasteiger partial charge in [0.15, 0.2) is 0 Å². The van der Waals surface area contributed by atoms with Gasteiger partial charge in [0.05, 0.1) is 6.04 Å². The summed E-state index contributed by atoms with van der Waals surface area (Å²) in [7, 11) is 0. The molecule has 0 radical (unpaired) electrons. The second-order valence-electron chi connectivity index (χ2n) is 4.76. The van der Waals surface area contributed by atoms with E-state index < -0.39 is 17.8 Å². The molecule has 0 spiro atoms. The fourth-order valence-corrected chi connectivity index (χ4v) is 2.29. The molecule has 2 N–H and O–H groups in total. The Bertz CT molecular complexity index is 274. The molecule has 5 nitrogen and oxygen atoms in total. The lowest BCUT2D eigenvalue weighted by atomic mass is 9.89. The summed E-state index contributed by atoms with van der Waals surface area (Å²) in [4.78, 5) is 22.6. The van der Waals surface area contributed by atoms with Crippen molar-refractivity contribution in [1.82, 2.24) is 5.32 Å². The SMILES string of the molecule is CCCCCNC(C(=O)C(=O)O)C1CCOCC1. The first-order valence-corrected chi connectivity index (χ1v) is 6.75. The molecule has 0 aromatic carbocycles. The van der Waals surface area contributed by atoms with Crippen LogP contribution in [0.25, 0.3) is 0 Å². The molecule has 1 aliphatic rings. The number of aliphatic carboxylic acids is 1. The van der Waals surface area contributed by atoms with Crippen molar-refractivity contribution < 1.29 is 19.4 Å². The van der Waals surface area contributed by atoms with Crippen molar-refractivity contribution in [1.29, 1.82) is 0 Å². The molecule has 0 aliphatic carbocycles. The lowest BCUT2D eigenvalue weighted by Crippen LogP contribution is -2.48. The van der Waals surface area contributed by atoms with Crippen LogP contribution in [-0.4, -0.2) is 42.7 Å². The number of carbonyl (C=O) groups is 2. The molecule has 104 valence electrons. The molecule has 0 aromatic heterocycles. The van der Waals surface area contributed by atoms with Crippen LogP contribution in [0.1, 0.15) is 39.0 Å². The van der Waals surface area contributed by atoms with Gasteiger partial charge in [0, 0.05) is 13.2 Å². The molecule has 0 bridgehead atoms. The van der Waals surface area contributed by atoms with Crippen molar-refractivity contribution in [2.45, 2.75) is 45.1 Å². The van der Waals surface area contributed by atoms with E-state index in [0.29, 0.717) is 19.8 Å². The minimum absolute atomic E-state index is 0.0870. The van der Waals surface area contributed by atoms with E-state index in [0.717, 1.165) is 32.1 Å². The Balaban J connectivity index is 2.50. The Hall–Kier alpha value is -0.940. The first kappa shape index (κ1) is 15.1. The molecule has 1 aliphatic heterocycles. The molecule has 1 atom stereocenters. The van der Waals surface area contributed by atoms with Gasteiger partial charge in [-0.15, -0.1) is 0 Å². The largest absolute Gasteiger partial charge is 0.475 e. The molecule has 5 heteroatoms. The number of unbranched alkanes of at least 4 members (excludes halogenated alkanes) is 2. The van der Waals surface area contributed by atoms with E-state index in [-0.39, 0.29) is 5.92 Å². The van der Waals surface area contributed by atoms with Crippen LogP contribution < -0.4 is 5.32 Å². The van der Waals surface area contributed by atoms with Gasteiger partial charge in [-0.1, -0.05) is 19.8 Å². The normalized spacial score (nSPS) is 18.5. The standard InChI is InChI=1S/C13H23NO4/c1-2-3-4-7-14-11(12(15)13(16)17)10-5-8-18-9-6-10/h10-11,14H,2-9H2,1H3,(H,16,17). The maximum Gasteiger partial charge on any atom is 0.373 e. The van der Waals surface area contributed by atoms with Crippen LogP contribution in [0.2, 0.25) is 0 Å². The third-order valence-electron chi connectivity index (χ3n) is 3.38. The Morgan fingerprint density at radius 1 is 1.33 bits per heavy atom. The first-order chi connectivity index (χ1) is 8.66. The fraction of sp³-hybridized carbons (Fsp3) is 0.846. The maximum atomic E-state index is 11.7. The van der Waals surface area contributed by atoms with Crippen LogP contribution >= 0.6 is 0 Å². The van der Waals surface area contributed by atoms with E-state index in [1.807, 2.05) is 0 Å². The second-order valence-corrected chi connectivity index (χ2v) is 4.76. The molecule has 0 amide bonds. The summed E-state index contributed by atoms with van der Waals surface area (Å²) < 4.78 is 5.25. The Kier molecular flexibility index (Phi) is 6.90. The quantitative estimate of drug-likeness (QED) is 0.505. The maximum absolute atomic E-state index is 11.7. The minimum Gasteiger partial charge on any atom is -0.475 e. The van der Waals surface area contributed by atoms with Crippen molar-refractivity contribution in [3.05, 3.63) is 0 Å². The predicted molar refractivity (Wildman–Crippen MR) is 67.5 cm³/mol. The lowest BCUT2D eigenvalue weighted by molar-refractivity contribution is -0.151. The molecule has 0 saturated carbocycles. The monoisotopic (exact) mass is 257 g/mol. The van der Waals surface area contributed by atoms with Crippen molar-refractivity contribution in [3.8, 4) is 0 Å². The average Bonchev–Trinajstić information content (AvgIpc) is 2.39. The highest BCUT2D eigenvalue weighted by molar-refractivity contribution is 6.34. The zero-order chi connectivity index (χ0) is 13.4. The molecule has 18 heavy (non-hydrogen) atoms. The zero-order valence-electron chi connectivity index (χ0n) is 11.0. The molecular formula is C13H23NO4. The van der Waals surface area contributed by atoms with E-state index in [2.05, 4.69) is 12.2 Å². The van der Waals surface area contributed by atoms with Crippen molar-refractivity contribution in [2.24, 2.45) is 5.92 Å². The van der Waals surface area contributed by atoms with E-state index in [1.54, 1.807) is 0 Å². The molecule has 1 fully saturated rings. The van der Waals surface area contributed by atoms with Crippen LogP contribution in [0.4, 0.5) is 0 Å². The summed E-state index contributed by atoms with van der Waals surface area (Å²) in [6, 6.07) is -0.553. The number of carboxylic acid groups (broad SMARTS) is 1. The second kappa shape index (κ2) is 8.21. The van der Waals surface area contributed by atoms with Crippen LogP contribution in [0.5, 0.6) is 0 Å². The molecule has 1 saturated heterocycles. The van der Waals surface area contributed by atoms with Gasteiger partial charge in [0.25, 0.3) is 5.78 Å². The van der Waals surface area contributed by atoms with Crippen LogP contribution in [0, 0.1) is 5.92 Å². The van der Waals surface area contributed by atoms with Gasteiger partial charge in [-0.2, -0.15) is 0 Å². The molecule has 0 aromatic rings. The number of ether oxygens (including phenoxy) is 1. The number of hydrogen-bond donors (Lipinski definition) is 2. The van der Waals surface area contributed by atoms with E-state index in [4.69, 9.17) is 9.84 Å². The van der Waals surface area contributed by atoms with Crippen molar-refractivity contribution in [3.63, 3.8) is 0 Å². The molecular weight excluding hydrogens is 234 g/mol. The highest BCUT2D eigenvalue weighted by Crippen LogP contribution is 2.19. The van der Waals surface area contributed by atoms with Crippen LogP contribution in [0.15, 0.2) is 0 Å². The number of hydrogen-bond acceptors (Lipinski definition) is 4. The van der Waals surface area contributed by atoms with E-state index in [1.165, 1.54) is 0 Å². The number of nitrogens with one attached hydrogen (secondary N) is 1. The third-order valence-corrected chi connectivity index (χ3v) is 3.38. The summed E-state index contributed by atoms with van der Waals surface area (Å²) >= 11 is 0. The highest BCUT2D eigenvalue weighted by atomic mass is 16.5. The Labute approximate surface area is 108 Å². The van der Waals surface area contributed by atoms with Gasteiger partial charge in [-0.05, 0) is 31.7 Å². The van der Waals surface area contributed by atoms with E-state index in [9.17, 15) is 9.59 Å². The van der Waals surface area contributed by atoms with Gasteiger partial charge < -0.3 is 15.2 Å². The van der Waals surface area contributed by atoms with Crippen LogP contribution in [0.3, 0.4) is 0 Å². The number of rotatable bonds is 8. The smallest absolute Gasteiger partial charge is 0.373 e. The minimum atomic E-state index is -1.34. The number of carbonyl (C=O) groups excluding carboxylic acids is 1. The summed E-state index contributed by atoms with van der Waals surface area (Å²) in [5.74, 6) is -1.96. The number of carboxylic acids is 1. The average molecular weight is 257 g/mol. The summed E-state index contributed by atoms with van der Waals surface area (Å²) in [6.45, 7) is 4.04. The number of ketones is 1. The predicted octanol–water partition coefficient (Wildman–Crippen LogP) is 1.22. The molecule has 1 rings (SSSR count). The van der Waals surface area contributed by atoms with Gasteiger partial charge in [-0.3, -0.25) is 4.79 Å². The van der Waals surface area contributed by atoms with Gasteiger partial charge in [0.2, 0.25) is 0 Å².